The molecule has 0 saturated heterocycles. The first kappa shape index (κ1) is 11.0. The molecule has 80 valence electrons. The van der Waals surface area contributed by atoms with Crippen LogP contribution in [0.2, 0.25) is 0 Å². The van der Waals surface area contributed by atoms with Gasteiger partial charge in [-0.25, -0.2) is 9.78 Å². The fraction of sp³-hybridized carbons (Fsp3) is 0.200. The third-order valence-corrected chi connectivity index (χ3v) is 1.62. The van der Waals surface area contributed by atoms with Crippen LogP contribution in [0.1, 0.15) is 0 Å². The van der Waals surface area contributed by atoms with E-state index >= 15 is 0 Å². The van der Waals surface area contributed by atoms with E-state index in [1.165, 1.54) is 7.11 Å². The van der Waals surface area contributed by atoms with Gasteiger partial charge in [0.15, 0.2) is 0 Å². The first-order valence-corrected chi connectivity index (χ1v) is 4.42. The van der Waals surface area contributed by atoms with Gasteiger partial charge in [-0.1, -0.05) is 6.08 Å². The normalized spacial score (nSPS) is 9.13. The molecule has 1 heterocycles. The average molecular weight is 207 g/mol. The minimum atomic E-state index is -0.511. The van der Waals surface area contributed by atoms with Crippen molar-refractivity contribution in [1.29, 1.82) is 0 Å². The molecule has 1 amide bonds. The van der Waals surface area contributed by atoms with Crippen LogP contribution in [0.25, 0.3) is 0 Å². The van der Waals surface area contributed by atoms with Gasteiger partial charge in [0.2, 0.25) is 0 Å². The Kier molecular flexibility index (Phi) is 4.15. The zero-order valence-electron chi connectivity index (χ0n) is 8.49. The Bertz CT molecular complexity index is 335. The molecule has 5 heteroatoms. The van der Waals surface area contributed by atoms with Crippen molar-refractivity contribution in [2.24, 2.45) is 0 Å². The molecule has 0 aliphatic carbocycles. The standard InChI is InChI=1S/C10H13N3O2/c1-3-6-11-9-5-4-8(7-12-9)13-10(14)15-2/h3-5,7H,1,6H2,2H3,(H,11,12)(H,13,14). The van der Waals surface area contributed by atoms with Gasteiger partial charge in [-0.05, 0) is 12.1 Å². The number of amides is 1. The molecule has 1 aromatic heterocycles. The maximum atomic E-state index is 10.8. The Labute approximate surface area is 88.2 Å². The summed E-state index contributed by atoms with van der Waals surface area (Å²) in [6.07, 6.45) is 2.77. The van der Waals surface area contributed by atoms with E-state index in [0.29, 0.717) is 12.2 Å². The molecule has 0 aromatic carbocycles. The number of carbonyl (C=O) groups is 1. The molecule has 0 atom stereocenters. The van der Waals surface area contributed by atoms with Crippen LogP contribution in [0.4, 0.5) is 16.3 Å². The van der Waals surface area contributed by atoms with Crippen molar-refractivity contribution in [3.05, 3.63) is 31.0 Å². The highest BCUT2D eigenvalue weighted by molar-refractivity contribution is 5.84. The number of methoxy groups -OCH3 is 1. The van der Waals surface area contributed by atoms with Gasteiger partial charge in [0.05, 0.1) is 19.0 Å². The summed E-state index contributed by atoms with van der Waals surface area (Å²) in [5.41, 5.74) is 0.589. The summed E-state index contributed by atoms with van der Waals surface area (Å²) in [5, 5.41) is 5.52. The third-order valence-electron chi connectivity index (χ3n) is 1.62. The van der Waals surface area contributed by atoms with Crippen molar-refractivity contribution < 1.29 is 9.53 Å². The summed E-state index contributed by atoms with van der Waals surface area (Å²) in [6, 6.07) is 3.49. The lowest BCUT2D eigenvalue weighted by atomic mass is 10.4. The van der Waals surface area contributed by atoms with Gasteiger partial charge in [0, 0.05) is 6.54 Å². The molecular formula is C10H13N3O2. The summed E-state index contributed by atoms with van der Waals surface area (Å²) in [7, 11) is 1.31. The average Bonchev–Trinajstić information content (AvgIpc) is 2.28. The first-order chi connectivity index (χ1) is 7.26. The lowest BCUT2D eigenvalue weighted by molar-refractivity contribution is 0.187. The Morgan fingerprint density at radius 3 is 3.00 bits per heavy atom. The van der Waals surface area contributed by atoms with Gasteiger partial charge in [0.1, 0.15) is 5.82 Å². The summed E-state index contributed by atoms with van der Waals surface area (Å²) in [5.74, 6) is 0.727. The highest BCUT2D eigenvalue weighted by atomic mass is 16.5. The second-order valence-electron chi connectivity index (χ2n) is 2.72. The van der Waals surface area contributed by atoms with Crippen LogP contribution in [0.3, 0.4) is 0 Å². The van der Waals surface area contributed by atoms with E-state index in [4.69, 9.17) is 0 Å². The fourth-order valence-electron chi connectivity index (χ4n) is 0.918. The summed E-state index contributed by atoms with van der Waals surface area (Å²) in [6.45, 7) is 4.23. The van der Waals surface area contributed by atoms with E-state index in [0.717, 1.165) is 5.82 Å². The number of rotatable bonds is 4. The highest BCUT2D eigenvalue weighted by Crippen LogP contribution is 2.09. The minimum Gasteiger partial charge on any atom is -0.453 e. The smallest absolute Gasteiger partial charge is 0.411 e. The van der Waals surface area contributed by atoms with Crippen molar-refractivity contribution in [3.63, 3.8) is 0 Å². The number of anilines is 2. The van der Waals surface area contributed by atoms with E-state index in [1.807, 2.05) is 0 Å². The first-order valence-electron chi connectivity index (χ1n) is 4.42. The van der Waals surface area contributed by atoms with Crippen LogP contribution in [0, 0.1) is 0 Å². The predicted octanol–water partition coefficient (Wildman–Crippen LogP) is 1.86. The fourth-order valence-corrected chi connectivity index (χ4v) is 0.918. The maximum absolute atomic E-state index is 10.8. The number of pyridine rings is 1. The number of carbonyl (C=O) groups excluding carboxylic acids is 1. The quantitative estimate of drug-likeness (QED) is 0.740. The molecule has 1 aromatic rings. The number of hydrogen-bond acceptors (Lipinski definition) is 4. The molecule has 0 radical (unpaired) electrons. The molecule has 0 aliphatic heterocycles. The van der Waals surface area contributed by atoms with Crippen LogP contribution < -0.4 is 10.6 Å². The molecule has 0 spiro atoms. The second-order valence-corrected chi connectivity index (χ2v) is 2.72. The van der Waals surface area contributed by atoms with Gasteiger partial charge in [-0.3, -0.25) is 5.32 Å². The molecule has 2 N–H and O–H groups in total. The zero-order chi connectivity index (χ0) is 11.1. The molecule has 0 saturated carbocycles. The zero-order valence-corrected chi connectivity index (χ0v) is 8.49. The Morgan fingerprint density at radius 2 is 2.47 bits per heavy atom. The second kappa shape index (κ2) is 5.64. The lowest BCUT2D eigenvalue weighted by Gasteiger charge is -2.05. The third kappa shape index (κ3) is 3.68. The van der Waals surface area contributed by atoms with E-state index in [9.17, 15) is 4.79 Å². The van der Waals surface area contributed by atoms with E-state index in [-0.39, 0.29) is 0 Å². The molecular weight excluding hydrogens is 194 g/mol. The van der Waals surface area contributed by atoms with Crippen molar-refractivity contribution in [3.8, 4) is 0 Å². The summed E-state index contributed by atoms with van der Waals surface area (Å²) < 4.78 is 4.44. The number of nitrogens with zero attached hydrogens (tertiary/aromatic N) is 1. The number of nitrogens with one attached hydrogen (secondary N) is 2. The van der Waals surface area contributed by atoms with Crippen LogP contribution in [0.15, 0.2) is 31.0 Å². The molecule has 5 nitrogen and oxygen atoms in total. The number of aromatic nitrogens is 1. The van der Waals surface area contributed by atoms with Crippen molar-refractivity contribution in [2.45, 2.75) is 0 Å². The predicted molar refractivity (Wildman–Crippen MR) is 59.0 cm³/mol. The van der Waals surface area contributed by atoms with Gasteiger partial charge in [0.25, 0.3) is 0 Å². The van der Waals surface area contributed by atoms with Gasteiger partial charge >= 0.3 is 6.09 Å². The van der Waals surface area contributed by atoms with E-state index < -0.39 is 6.09 Å². The molecule has 1 rings (SSSR count). The highest BCUT2D eigenvalue weighted by Gasteiger charge is 2.00. The van der Waals surface area contributed by atoms with Crippen LogP contribution >= 0.6 is 0 Å². The Hall–Kier alpha value is -2.04. The number of ether oxygens (including phenoxy) is 1. The number of hydrogen-bond donors (Lipinski definition) is 2. The van der Waals surface area contributed by atoms with Crippen LogP contribution in [-0.2, 0) is 4.74 Å². The molecule has 0 fully saturated rings. The van der Waals surface area contributed by atoms with Crippen molar-refractivity contribution in [1.82, 2.24) is 4.98 Å². The van der Waals surface area contributed by atoms with E-state index in [2.05, 4.69) is 26.9 Å². The largest absolute Gasteiger partial charge is 0.453 e. The van der Waals surface area contributed by atoms with Crippen LogP contribution in [-0.4, -0.2) is 24.7 Å². The SMILES string of the molecule is C=CCNc1ccc(NC(=O)OC)cn1. The molecule has 15 heavy (non-hydrogen) atoms. The van der Waals surface area contributed by atoms with Crippen molar-refractivity contribution in [2.75, 3.05) is 24.3 Å². The van der Waals surface area contributed by atoms with Gasteiger partial charge < -0.3 is 10.1 Å². The molecule has 0 bridgehead atoms. The summed E-state index contributed by atoms with van der Waals surface area (Å²) >= 11 is 0. The van der Waals surface area contributed by atoms with Gasteiger partial charge in [-0.15, -0.1) is 6.58 Å². The molecule has 0 unspecified atom stereocenters. The van der Waals surface area contributed by atoms with Crippen LogP contribution in [0.5, 0.6) is 0 Å². The maximum Gasteiger partial charge on any atom is 0.411 e. The Balaban J connectivity index is 2.55. The summed E-state index contributed by atoms with van der Waals surface area (Å²) in [4.78, 5) is 14.9. The minimum absolute atomic E-state index is 0.511. The monoisotopic (exact) mass is 207 g/mol. The molecule has 0 aliphatic rings. The lowest BCUT2D eigenvalue weighted by Crippen LogP contribution is -2.11. The topological polar surface area (TPSA) is 63.2 Å². The van der Waals surface area contributed by atoms with Crippen molar-refractivity contribution >= 4 is 17.6 Å². The van der Waals surface area contributed by atoms with E-state index in [1.54, 1.807) is 24.4 Å². The Morgan fingerprint density at radius 1 is 1.67 bits per heavy atom. The van der Waals surface area contributed by atoms with Gasteiger partial charge in [-0.2, -0.15) is 0 Å².